The highest BCUT2D eigenvalue weighted by molar-refractivity contribution is 7.89. The Labute approximate surface area is 113 Å². The van der Waals surface area contributed by atoms with Crippen molar-refractivity contribution in [2.45, 2.75) is 25.2 Å². The summed E-state index contributed by atoms with van der Waals surface area (Å²) < 4.78 is 32.1. The Bertz CT molecular complexity index is 550. The number of sulfonamides is 1. The molecule has 2 saturated heterocycles. The number of nitrogens with zero attached hydrogens (tertiary/aromatic N) is 2. The number of piperidine rings is 2. The lowest BCUT2D eigenvalue weighted by Crippen LogP contribution is -2.52. The Kier molecular flexibility index (Phi) is 3.15. The number of nitrogens with one attached hydrogen (secondary N) is 1. The number of rotatable bonds is 2. The zero-order valence-corrected chi connectivity index (χ0v) is 12.0. The fraction of sp³-hybridized carbons (Fsp3) is 0.750. The molecule has 2 aliphatic rings. The maximum Gasteiger partial charge on any atom is 0.248 e. The van der Waals surface area contributed by atoms with Crippen LogP contribution in [-0.2, 0) is 10.0 Å². The van der Waals surface area contributed by atoms with Crippen LogP contribution < -0.4 is 5.32 Å². The molecule has 1 N–H and O–H groups in total. The highest BCUT2D eigenvalue weighted by Gasteiger charge is 2.38. The lowest BCUT2D eigenvalue weighted by Gasteiger charge is -2.40. The van der Waals surface area contributed by atoms with Gasteiger partial charge in [-0.25, -0.2) is 8.42 Å². The second-order valence-electron chi connectivity index (χ2n) is 5.60. The summed E-state index contributed by atoms with van der Waals surface area (Å²) >= 11 is 0. The molecule has 0 spiro atoms. The van der Waals surface area contributed by atoms with E-state index in [0.717, 1.165) is 19.5 Å². The second kappa shape index (κ2) is 4.57. The molecule has 3 heterocycles. The van der Waals surface area contributed by atoms with Crippen molar-refractivity contribution < 1.29 is 12.9 Å². The summed E-state index contributed by atoms with van der Waals surface area (Å²) in [5, 5.41) is 7.12. The molecular formula is C12H19N3O3S. The van der Waals surface area contributed by atoms with E-state index in [1.165, 1.54) is 0 Å². The monoisotopic (exact) mass is 285 g/mol. The molecule has 0 saturated carbocycles. The summed E-state index contributed by atoms with van der Waals surface area (Å²) in [6.45, 7) is 6.33. The first-order valence-corrected chi connectivity index (χ1v) is 8.06. The smallest absolute Gasteiger partial charge is 0.248 e. The molecule has 19 heavy (non-hydrogen) atoms. The highest BCUT2D eigenvalue weighted by atomic mass is 32.2. The molecule has 2 atom stereocenters. The van der Waals surface area contributed by atoms with Crippen LogP contribution in [0.3, 0.4) is 0 Å². The van der Waals surface area contributed by atoms with Gasteiger partial charge in [0.25, 0.3) is 0 Å². The average Bonchev–Trinajstić information content (AvgIpc) is 2.69. The van der Waals surface area contributed by atoms with Gasteiger partial charge in [-0.1, -0.05) is 5.16 Å². The Morgan fingerprint density at radius 3 is 2.42 bits per heavy atom. The van der Waals surface area contributed by atoms with Crippen LogP contribution in [0.4, 0.5) is 0 Å². The summed E-state index contributed by atoms with van der Waals surface area (Å²) in [6.07, 6.45) is 1.13. The minimum absolute atomic E-state index is 0.250. The molecule has 0 aliphatic carbocycles. The van der Waals surface area contributed by atoms with Crippen LogP contribution in [0.1, 0.15) is 17.9 Å². The van der Waals surface area contributed by atoms with Crippen LogP contribution in [0.25, 0.3) is 0 Å². The second-order valence-corrected chi connectivity index (χ2v) is 7.48. The van der Waals surface area contributed by atoms with Crippen molar-refractivity contribution in [1.82, 2.24) is 14.8 Å². The molecule has 6 nitrogen and oxygen atoms in total. The van der Waals surface area contributed by atoms with Gasteiger partial charge in [0.15, 0.2) is 5.76 Å². The van der Waals surface area contributed by atoms with Gasteiger partial charge in [-0.05, 0) is 45.2 Å². The molecule has 1 aromatic heterocycles. The topological polar surface area (TPSA) is 75.4 Å². The number of hydrogen-bond acceptors (Lipinski definition) is 5. The quantitative estimate of drug-likeness (QED) is 0.857. The van der Waals surface area contributed by atoms with E-state index in [9.17, 15) is 8.42 Å². The predicted molar refractivity (Wildman–Crippen MR) is 69.2 cm³/mol. The largest absolute Gasteiger partial charge is 0.360 e. The Balaban J connectivity index is 1.93. The standard InChI is InChI=1S/C12H19N3O3S/c1-8-12(9(2)18-14-8)19(16,17)15-6-10-3-11(7-15)5-13-4-10/h10-11,13H,3-7H2,1-2H3/t10-,11-/m1/s1. The molecule has 3 rings (SSSR count). The van der Waals surface area contributed by atoms with Crippen molar-refractivity contribution in [3.8, 4) is 0 Å². The zero-order valence-electron chi connectivity index (χ0n) is 11.2. The van der Waals surface area contributed by atoms with Crippen LogP contribution >= 0.6 is 0 Å². The summed E-state index contributed by atoms with van der Waals surface area (Å²) in [4.78, 5) is 0.250. The van der Waals surface area contributed by atoms with E-state index in [-0.39, 0.29) is 4.90 Å². The average molecular weight is 285 g/mol. The summed E-state index contributed by atoms with van der Waals surface area (Å²) in [5.74, 6) is 1.22. The fourth-order valence-corrected chi connectivity index (χ4v) is 5.11. The molecule has 0 aromatic carbocycles. The van der Waals surface area contributed by atoms with E-state index >= 15 is 0 Å². The van der Waals surface area contributed by atoms with Crippen LogP contribution in [0.2, 0.25) is 0 Å². The minimum Gasteiger partial charge on any atom is -0.360 e. The Morgan fingerprint density at radius 2 is 1.89 bits per heavy atom. The lowest BCUT2D eigenvalue weighted by atomic mass is 9.87. The summed E-state index contributed by atoms with van der Waals surface area (Å²) in [7, 11) is -3.47. The van der Waals surface area contributed by atoms with E-state index in [1.54, 1.807) is 18.2 Å². The molecule has 1 aromatic rings. The van der Waals surface area contributed by atoms with Crippen molar-refractivity contribution in [2.75, 3.05) is 26.2 Å². The molecule has 0 radical (unpaired) electrons. The molecule has 0 unspecified atom stereocenters. The van der Waals surface area contributed by atoms with E-state index < -0.39 is 10.0 Å². The third-order valence-corrected chi connectivity index (χ3v) is 6.10. The first kappa shape index (κ1) is 13.1. The van der Waals surface area contributed by atoms with Gasteiger partial charge in [-0.2, -0.15) is 4.31 Å². The Hall–Kier alpha value is -0.920. The number of aryl methyl sites for hydroxylation is 2. The van der Waals surface area contributed by atoms with Gasteiger partial charge in [0.05, 0.1) is 0 Å². The van der Waals surface area contributed by atoms with Crippen molar-refractivity contribution in [1.29, 1.82) is 0 Å². The summed E-state index contributed by atoms with van der Waals surface area (Å²) in [5.41, 5.74) is 0.450. The third-order valence-electron chi connectivity index (χ3n) is 4.02. The maximum absolute atomic E-state index is 12.7. The van der Waals surface area contributed by atoms with Gasteiger partial charge in [-0.15, -0.1) is 0 Å². The minimum atomic E-state index is -3.47. The molecule has 106 valence electrons. The summed E-state index contributed by atoms with van der Waals surface area (Å²) in [6, 6.07) is 0. The van der Waals surface area contributed by atoms with Gasteiger partial charge in [-0.3, -0.25) is 0 Å². The molecular weight excluding hydrogens is 266 g/mol. The lowest BCUT2D eigenvalue weighted by molar-refractivity contribution is 0.158. The maximum atomic E-state index is 12.7. The molecule has 2 bridgehead atoms. The Morgan fingerprint density at radius 1 is 1.26 bits per heavy atom. The predicted octanol–water partition coefficient (Wildman–Crippen LogP) is 0.521. The van der Waals surface area contributed by atoms with Crippen LogP contribution in [0.5, 0.6) is 0 Å². The van der Waals surface area contributed by atoms with Crippen LogP contribution in [0, 0.1) is 25.7 Å². The zero-order chi connectivity index (χ0) is 13.6. The van der Waals surface area contributed by atoms with Crippen molar-refractivity contribution in [3.63, 3.8) is 0 Å². The van der Waals surface area contributed by atoms with E-state index in [0.29, 0.717) is 36.4 Å². The van der Waals surface area contributed by atoms with Gasteiger partial charge in [0.1, 0.15) is 10.6 Å². The number of aromatic nitrogens is 1. The van der Waals surface area contributed by atoms with E-state index in [4.69, 9.17) is 4.52 Å². The third kappa shape index (κ3) is 2.19. The first-order chi connectivity index (χ1) is 8.98. The number of fused-ring (bicyclic) bond motifs is 2. The van der Waals surface area contributed by atoms with Gasteiger partial charge in [0.2, 0.25) is 10.0 Å². The highest BCUT2D eigenvalue weighted by Crippen LogP contribution is 2.30. The van der Waals surface area contributed by atoms with Crippen LogP contribution in [-0.4, -0.2) is 44.1 Å². The number of hydrogen-bond donors (Lipinski definition) is 1. The van der Waals surface area contributed by atoms with E-state index in [1.807, 2.05) is 0 Å². The van der Waals surface area contributed by atoms with Gasteiger partial charge >= 0.3 is 0 Å². The first-order valence-electron chi connectivity index (χ1n) is 6.62. The van der Waals surface area contributed by atoms with Crippen LogP contribution in [0.15, 0.2) is 9.42 Å². The SMILES string of the molecule is Cc1noc(C)c1S(=O)(=O)N1C[C@H]2CNC[C@@H](C2)C1. The normalized spacial score (nSPS) is 28.5. The van der Waals surface area contributed by atoms with Crippen molar-refractivity contribution in [2.24, 2.45) is 11.8 Å². The van der Waals surface area contributed by atoms with Gasteiger partial charge in [0, 0.05) is 13.1 Å². The van der Waals surface area contributed by atoms with Gasteiger partial charge < -0.3 is 9.84 Å². The molecule has 0 amide bonds. The van der Waals surface area contributed by atoms with Crippen molar-refractivity contribution >= 4 is 10.0 Å². The van der Waals surface area contributed by atoms with Crippen molar-refractivity contribution in [3.05, 3.63) is 11.5 Å². The molecule has 7 heteroatoms. The molecule has 2 aliphatic heterocycles. The fourth-order valence-electron chi connectivity index (χ4n) is 3.23. The van der Waals surface area contributed by atoms with E-state index in [2.05, 4.69) is 10.5 Å². The molecule has 2 fully saturated rings.